The van der Waals surface area contributed by atoms with E-state index in [2.05, 4.69) is 30.5 Å². The zero-order chi connectivity index (χ0) is 10.5. The van der Waals surface area contributed by atoms with Crippen molar-refractivity contribution in [1.82, 2.24) is 0 Å². The number of hydrogen-bond acceptors (Lipinski definition) is 2. The van der Waals surface area contributed by atoms with Crippen LogP contribution in [0.4, 0.5) is 0 Å². The lowest BCUT2D eigenvalue weighted by Crippen LogP contribution is -2.37. The SMILES string of the molecule is CSc1ccc(C2(C3(N)CC3)CC2)cc1. The fourth-order valence-corrected chi connectivity index (χ4v) is 3.13. The number of nitrogens with two attached hydrogens (primary N) is 1. The van der Waals surface area contributed by atoms with Crippen molar-refractivity contribution in [2.45, 2.75) is 41.5 Å². The Morgan fingerprint density at radius 1 is 1.07 bits per heavy atom. The van der Waals surface area contributed by atoms with Gasteiger partial charge in [0.05, 0.1) is 0 Å². The Balaban J connectivity index is 1.93. The van der Waals surface area contributed by atoms with Crippen molar-refractivity contribution in [3.05, 3.63) is 29.8 Å². The molecule has 80 valence electrons. The molecule has 2 N–H and O–H groups in total. The summed E-state index contributed by atoms with van der Waals surface area (Å²) in [5.74, 6) is 0. The van der Waals surface area contributed by atoms with E-state index in [0.29, 0.717) is 5.41 Å². The number of benzene rings is 1. The van der Waals surface area contributed by atoms with Gasteiger partial charge < -0.3 is 5.73 Å². The van der Waals surface area contributed by atoms with E-state index in [1.807, 2.05) is 0 Å². The highest BCUT2D eigenvalue weighted by molar-refractivity contribution is 7.98. The van der Waals surface area contributed by atoms with Crippen molar-refractivity contribution < 1.29 is 0 Å². The molecule has 0 radical (unpaired) electrons. The van der Waals surface area contributed by atoms with E-state index < -0.39 is 0 Å². The zero-order valence-corrected chi connectivity index (χ0v) is 9.94. The summed E-state index contributed by atoms with van der Waals surface area (Å²) in [5, 5.41) is 0. The lowest BCUT2D eigenvalue weighted by Gasteiger charge is -2.23. The van der Waals surface area contributed by atoms with Gasteiger partial charge in [-0.1, -0.05) is 12.1 Å². The lowest BCUT2D eigenvalue weighted by atomic mass is 9.86. The third-order valence-electron chi connectivity index (χ3n) is 4.13. The smallest absolute Gasteiger partial charge is 0.0253 e. The molecule has 0 atom stereocenters. The Bertz CT molecular complexity index is 374. The second-order valence-electron chi connectivity index (χ2n) is 4.97. The van der Waals surface area contributed by atoms with Crippen LogP contribution in [-0.2, 0) is 5.41 Å². The molecule has 2 heteroatoms. The first-order chi connectivity index (χ1) is 7.20. The highest BCUT2D eigenvalue weighted by atomic mass is 32.2. The van der Waals surface area contributed by atoms with E-state index >= 15 is 0 Å². The molecule has 2 aliphatic rings. The average Bonchev–Trinajstić information content (AvgIpc) is 3.13. The molecule has 2 saturated carbocycles. The van der Waals surface area contributed by atoms with Gasteiger partial charge in [0, 0.05) is 15.8 Å². The quantitative estimate of drug-likeness (QED) is 0.791. The number of hydrogen-bond donors (Lipinski definition) is 1. The minimum Gasteiger partial charge on any atom is -0.324 e. The van der Waals surface area contributed by atoms with Crippen LogP contribution < -0.4 is 5.73 Å². The minimum atomic E-state index is 0.147. The van der Waals surface area contributed by atoms with Gasteiger partial charge in [-0.05, 0) is 49.6 Å². The monoisotopic (exact) mass is 219 g/mol. The fraction of sp³-hybridized carbons (Fsp3) is 0.538. The molecule has 1 nitrogen and oxygen atoms in total. The van der Waals surface area contributed by atoms with Crippen LogP contribution in [0.25, 0.3) is 0 Å². The van der Waals surface area contributed by atoms with Crippen LogP contribution in [0.15, 0.2) is 29.2 Å². The number of thioether (sulfide) groups is 1. The van der Waals surface area contributed by atoms with Gasteiger partial charge >= 0.3 is 0 Å². The summed E-state index contributed by atoms with van der Waals surface area (Å²) < 4.78 is 0. The lowest BCUT2D eigenvalue weighted by molar-refractivity contribution is 0.503. The second kappa shape index (κ2) is 3.02. The maximum atomic E-state index is 6.38. The van der Waals surface area contributed by atoms with Gasteiger partial charge in [-0.3, -0.25) is 0 Å². The predicted molar refractivity (Wildman–Crippen MR) is 65.3 cm³/mol. The van der Waals surface area contributed by atoms with Crippen LogP contribution in [-0.4, -0.2) is 11.8 Å². The summed E-state index contributed by atoms with van der Waals surface area (Å²) >= 11 is 1.80. The topological polar surface area (TPSA) is 26.0 Å². The highest BCUT2D eigenvalue weighted by Gasteiger charge is 2.63. The molecule has 1 aromatic rings. The van der Waals surface area contributed by atoms with Crippen LogP contribution in [0.5, 0.6) is 0 Å². The van der Waals surface area contributed by atoms with Gasteiger partial charge in [-0.25, -0.2) is 0 Å². The largest absolute Gasteiger partial charge is 0.324 e. The van der Waals surface area contributed by atoms with Gasteiger partial charge in [0.15, 0.2) is 0 Å². The Morgan fingerprint density at radius 3 is 2.07 bits per heavy atom. The summed E-state index contributed by atoms with van der Waals surface area (Å²) in [6.07, 6.45) is 7.14. The first kappa shape index (κ1) is 9.73. The van der Waals surface area contributed by atoms with E-state index in [1.165, 1.54) is 36.1 Å². The van der Waals surface area contributed by atoms with E-state index in [4.69, 9.17) is 5.73 Å². The third kappa shape index (κ3) is 1.35. The summed E-state index contributed by atoms with van der Waals surface area (Å²) in [4.78, 5) is 1.34. The number of rotatable bonds is 3. The van der Waals surface area contributed by atoms with Crippen LogP contribution in [0, 0.1) is 0 Å². The molecule has 0 bridgehead atoms. The molecule has 0 unspecified atom stereocenters. The maximum Gasteiger partial charge on any atom is 0.0253 e. The average molecular weight is 219 g/mol. The molecular weight excluding hydrogens is 202 g/mol. The second-order valence-corrected chi connectivity index (χ2v) is 5.85. The van der Waals surface area contributed by atoms with Crippen molar-refractivity contribution in [3.63, 3.8) is 0 Å². The molecule has 1 aromatic carbocycles. The summed E-state index contributed by atoms with van der Waals surface area (Å²) in [5.41, 5.74) is 8.35. The fourth-order valence-electron chi connectivity index (χ4n) is 2.72. The van der Waals surface area contributed by atoms with Gasteiger partial charge in [0.25, 0.3) is 0 Å². The van der Waals surface area contributed by atoms with Crippen LogP contribution in [0.1, 0.15) is 31.2 Å². The van der Waals surface area contributed by atoms with Crippen molar-refractivity contribution in [3.8, 4) is 0 Å². The van der Waals surface area contributed by atoms with Gasteiger partial charge in [-0.15, -0.1) is 11.8 Å². The normalized spacial score (nSPS) is 24.9. The van der Waals surface area contributed by atoms with Crippen molar-refractivity contribution in [2.24, 2.45) is 5.73 Å². The van der Waals surface area contributed by atoms with Gasteiger partial charge in [-0.2, -0.15) is 0 Å². The van der Waals surface area contributed by atoms with Crippen molar-refractivity contribution in [2.75, 3.05) is 6.26 Å². The molecule has 0 amide bonds. The van der Waals surface area contributed by atoms with Gasteiger partial charge in [0.1, 0.15) is 0 Å². The summed E-state index contributed by atoms with van der Waals surface area (Å²) in [7, 11) is 0. The molecule has 0 aliphatic heterocycles. The zero-order valence-electron chi connectivity index (χ0n) is 9.12. The molecule has 15 heavy (non-hydrogen) atoms. The predicted octanol–water partition coefficient (Wildman–Crippen LogP) is 2.93. The van der Waals surface area contributed by atoms with E-state index in [0.717, 1.165) is 0 Å². The van der Waals surface area contributed by atoms with Crippen molar-refractivity contribution in [1.29, 1.82) is 0 Å². The maximum absolute atomic E-state index is 6.38. The standard InChI is InChI=1S/C13H17NS/c1-15-11-4-2-10(3-5-11)12(6-7-12)13(14)8-9-13/h2-5H,6-9,14H2,1H3. The molecule has 3 rings (SSSR count). The summed E-state index contributed by atoms with van der Waals surface area (Å²) in [6.45, 7) is 0. The van der Waals surface area contributed by atoms with Crippen LogP contribution >= 0.6 is 11.8 Å². The first-order valence-electron chi connectivity index (χ1n) is 5.64. The van der Waals surface area contributed by atoms with E-state index in [-0.39, 0.29) is 5.54 Å². The highest BCUT2D eigenvalue weighted by Crippen LogP contribution is 2.63. The van der Waals surface area contributed by atoms with Crippen LogP contribution in [0.3, 0.4) is 0 Å². The molecule has 2 fully saturated rings. The Hall–Kier alpha value is -0.470. The molecule has 2 aliphatic carbocycles. The summed E-state index contributed by atoms with van der Waals surface area (Å²) in [6, 6.07) is 9.02. The van der Waals surface area contributed by atoms with Crippen molar-refractivity contribution >= 4 is 11.8 Å². The molecule has 0 aromatic heterocycles. The van der Waals surface area contributed by atoms with Crippen LogP contribution in [0.2, 0.25) is 0 Å². The first-order valence-corrected chi connectivity index (χ1v) is 6.86. The Kier molecular flexibility index (Phi) is 1.96. The van der Waals surface area contributed by atoms with Gasteiger partial charge in [0.2, 0.25) is 0 Å². The Morgan fingerprint density at radius 2 is 1.67 bits per heavy atom. The third-order valence-corrected chi connectivity index (χ3v) is 4.88. The molecular formula is C13H17NS. The van der Waals surface area contributed by atoms with E-state index in [9.17, 15) is 0 Å². The molecule has 0 saturated heterocycles. The van der Waals surface area contributed by atoms with E-state index in [1.54, 1.807) is 11.8 Å². The minimum absolute atomic E-state index is 0.147. The Labute approximate surface area is 95.4 Å². The molecule has 0 spiro atoms. The molecule has 0 heterocycles.